The highest BCUT2D eigenvalue weighted by Gasteiger charge is 2.45. The van der Waals surface area contributed by atoms with Crippen LogP contribution in [0, 0.1) is 17.8 Å². The number of hydrogen-bond acceptors (Lipinski definition) is 1. The molecule has 0 bridgehead atoms. The predicted octanol–water partition coefficient (Wildman–Crippen LogP) is 2.01. The first-order valence-corrected chi connectivity index (χ1v) is 4.34. The van der Waals surface area contributed by atoms with Crippen LogP contribution in [-0.2, 0) is 4.79 Å². The highest BCUT2D eigenvalue weighted by molar-refractivity contribution is 5.87. The monoisotopic (exact) mass is 138 g/mol. The molecule has 0 spiro atoms. The first-order chi connectivity index (χ1) is 4.81. The van der Waals surface area contributed by atoms with Crippen LogP contribution in [0.15, 0.2) is 0 Å². The molecule has 3 atom stereocenters. The van der Waals surface area contributed by atoms with Gasteiger partial charge >= 0.3 is 0 Å². The Kier molecular flexibility index (Phi) is 1.33. The maximum Gasteiger partial charge on any atom is 0.136 e. The van der Waals surface area contributed by atoms with E-state index >= 15 is 0 Å². The van der Waals surface area contributed by atoms with E-state index in [1.54, 1.807) is 0 Å². The summed E-state index contributed by atoms with van der Waals surface area (Å²) in [6.45, 7) is 2.24. The summed E-state index contributed by atoms with van der Waals surface area (Å²) in [4.78, 5) is 11.0. The molecule has 2 rings (SSSR count). The van der Waals surface area contributed by atoms with Crippen LogP contribution < -0.4 is 0 Å². The van der Waals surface area contributed by atoms with Gasteiger partial charge in [-0.25, -0.2) is 0 Å². The first-order valence-electron chi connectivity index (χ1n) is 4.34. The van der Waals surface area contributed by atoms with Crippen LogP contribution in [0.5, 0.6) is 0 Å². The zero-order chi connectivity index (χ0) is 7.14. The first kappa shape index (κ1) is 6.38. The van der Waals surface area contributed by atoms with Gasteiger partial charge in [-0.15, -0.1) is 0 Å². The average molecular weight is 138 g/mol. The fourth-order valence-corrected chi connectivity index (χ4v) is 2.44. The zero-order valence-electron chi connectivity index (χ0n) is 6.47. The van der Waals surface area contributed by atoms with Crippen LogP contribution >= 0.6 is 0 Å². The largest absolute Gasteiger partial charge is 0.299 e. The van der Waals surface area contributed by atoms with E-state index in [0.29, 0.717) is 11.7 Å². The van der Waals surface area contributed by atoms with Gasteiger partial charge in [0.15, 0.2) is 0 Å². The maximum atomic E-state index is 11.0. The third-order valence-corrected chi connectivity index (χ3v) is 3.25. The van der Waals surface area contributed by atoms with Gasteiger partial charge in [0.25, 0.3) is 0 Å². The standard InChI is InChI=1S/C9H14O/c1-2-6-3-7-5-9(10)8(7)4-6/h6-8H,2-5H2,1H3/t6?,7?,8-/m1/s1. The number of fused-ring (bicyclic) bond motifs is 1. The van der Waals surface area contributed by atoms with Gasteiger partial charge in [0.2, 0.25) is 0 Å². The van der Waals surface area contributed by atoms with Gasteiger partial charge in [0, 0.05) is 12.3 Å². The molecule has 0 aromatic rings. The smallest absolute Gasteiger partial charge is 0.136 e. The zero-order valence-corrected chi connectivity index (χ0v) is 6.47. The fourth-order valence-electron chi connectivity index (χ4n) is 2.44. The topological polar surface area (TPSA) is 17.1 Å². The average Bonchev–Trinajstić information content (AvgIpc) is 2.26. The van der Waals surface area contributed by atoms with Crippen molar-refractivity contribution in [2.45, 2.75) is 32.6 Å². The molecule has 2 aliphatic carbocycles. The number of Topliss-reactive ketones (excluding diaryl/α,β-unsaturated/α-hetero) is 1. The van der Waals surface area contributed by atoms with Crippen LogP contribution in [0.3, 0.4) is 0 Å². The van der Waals surface area contributed by atoms with Gasteiger partial charge in [-0.2, -0.15) is 0 Å². The minimum absolute atomic E-state index is 0.505. The van der Waals surface area contributed by atoms with Crippen LogP contribution in [-0.4, -0.2) is 5.78 Å². The van der Waals surface area contributed by atoms with Crippen molar-refractivity contribution in [3.63, 3.8) is 0 Å². The molecule has 0 saturated heterocycles. The van der Waals surface area contributed by atoms with Gasteiger partial charge in [-0.05, 0) is 24.7 Å². The molecular formula is C9H14O. The minimum atomic E-state index is 0.505. The van der Waals surface area contributed by atoms with Gasteiger partial charge in [0.05, 0.1) is 0 Å². The SMILES string of the molecule is CCC1CC2CC(=O)[C@@H]2C1. The van der Waals surface area contributed by atoms with E-state index in [-0.39, 0.29) is 0 Å². The molecule has 2 saturated carbocycles. The number of rotatable bonds is 1. The van der Waals surface area contributed by atoms with Crippen molar-refractivity contribution in [2.24, 2.45) is 17.8 Å². The summed E-state index contributed by atoms with van der Waals surface area (Å²) in [5, 5.41) is 0. The summed E-state index contributed by atoms with van der Waals surface area (Å²) >= 11 is 0. The Labute approximate surface area is 61.8 Å². The van der Waals surface area contributed by atoms with Crippen LogP contribution in [0.4, 0.5) is 0 Å². The van der Waals surface area contributed by atoms with E-state index in [0.717, 1.165) is 18.3 Å². The fraction of sp³-hybridized carbons (Fsp3) is 0.889. The van der Waals surface area contributed by atoms with Crippen LogP contribution in [0.2, 0.25) is 0 Å². The normalized spacial score (nSPS) is 44.9. The van der Waals surface area contributed by atoms with Crippen LogP contribution in [0.25, 0.3) is 0 Å². The number of carbonyl (C=O) groups is 1. The Morgan fingerprint density at radius 1 is 1.50 bits per heavy atom. The Morgan fingerprint density at radius 2 is 2.30 bits per heavy atom. The van der Waals surface area contributed by atoms with Crippen molar-refractivity contribution < 1.29 is 4.79 Å². The van der Waals surface area contributed by atoms with Gasteiger partial charge < -0.3 is 0 Å². The summed E-state index contributed by atoms with van der Waals surface area (Å²) < 4.78 is 0. The molecule has 2 unspecified atom stereocenters. The Morgan fingerprint density at radius 3 is 2.80 bits per heavy atom. The van der Waals surface area contributed by atoms with Crippen molar-refractivity contribution >= 4 is 5.78 Å². The lowest BCUT2D eigenvalue weighted by Gasteiger charge is -2.27. The number of hydrogen-bond donors (Lipinski definition) is 0. The molecule has 2 aliphatic rings. The van der Waals surface area contributed by atoms with E-state index in [4.69, 9.17) is 0 Å². The molecule has 1 heteroatoms. The second-order valence-electron chi connectivity index (χ2n) is 3.78. The summed E-state index contributed by atoms with van der Waals surface area (Å²) in [5.74, 6) is 2.73. The molecular weight excluding hydrogens is 124 g/mol. The molecule has 0 radical (unpaired) electrons. The lowest BCUT2D eigenvalue weighted by molar-refractivity contribution is -0.132. The van der Waals surface area contributed by atoms with Gasteiger partial charge in [-0.1, -0.05) is 13.3 Å². The van der Waals surface area contributed by atoms with Crippen molar-refractivity contribution in [3.8, 4) is 0 Å². The van der Waals surface area contributed by atoms with Gasteiger partial charge in [-0.3, -0.25) is 4.79 Å². The number of ketones is 1. The summed E-state index contributed by atoms with van der Waals surface area (Å²) in [5.41, 5.74) is 0. The predicted molar refractivity (Wildman–Crippen MR) is 39.6 cm³/mol. The Bertz CT molecular complexity index is 162. The highest BCUT2D eigenvalue weighted by Crippen LogP contribution is 2.47. The lowest BCUT2D eigenvalue weighted by atomic mass is 9.75. The molecule has 0 amide bonds. The summed E-state index contributed by atoms with van der Waals surface area (Å²) in [6.07, 6.45) is 4.73. The van der Waals surface area contributed by atoms with Gasteiger partial charge in [0.1, 0.15) is 5.78 Å². The quantitative estimate of drug-likeness (QED) is 0.541. The second-order valence-corrected chi connectivity index (χ2v) is 3.78. The van der Waals surface area contributed by atoms with E-state index in [2.05, 4.69) is 6.92 Å². The third kappa shape index (κ3) is 0.727. The molecule has 0 aliphatic heterocycles. The van der Waals surface area contributed by atoms with Crippen molar-refractivity contribution in [1.29, 1.82) is 0 Å². The van der Waals surface area contributed by atoms with E-state index in [1.807, 2.05) is 0 Å². The summed E-state index contributed by atoms with van der Waals surface area (Å²) in [6, 6.07) is 0. The molecule has 10 heavy (non-hydrogen) atoms. The van der Waals surface area contributed by atoms with E-state index in [1.165, 1.54) is 19.3 Å². The lowest BCUT2D eigenvalue weighted by Crippen LogP contribution is -2.32. The Balaban J connectivity index is 1.99. The Hall–Kier alpha value is -0.330. The molecule has 1 nitrogen and oxygen atoms in total. The minimum Gasteiger partial charge on any atom is -0.299 e. The van der Waals surface area contributed by atoms with Crippen molar-refractivity contribution in [3.05, 3.63) is 0 Å². The van der Waals surface area contributed by atoms with E-state index < -0.39 is 0 Å². The second kappa shape index (κ2) is 2.08. The number of carbonyl (C=O) groups excluding carboxylic acids is 1. The maximum absolute atomic E-state index is 11.0. The molecule has 2 fully saturated rings. The van der Waals surface area contributed by atoms with Crippen molar-refractivity contribution in [1.82, 2.24) is 0 Å². The molecule has 0 aromatic heterocycles. The molecule has 0 N–H and O–H groups in total. The molecule has 56 valence electrons. The highest BCUT2D eigenvalue weighted by atomic mass is 16.1. The van der Waals surface area contributed by atoms with E-state index in [9.17, 15) is 4.79 Å². The van der Waals surface area contributed by atoms with Crippen LogP contribution in [0.1, 0.15) is 32.6 Å². The summed E-state index contributed by atoms with van der Waals surface area (Å²) in [7, 11) is 0. The molecule has 0 aromatic carbocycles. The third-order valence-electron chi connectivity index (χ3n) is 3.25. The molecule has 0 heterocycles. The van der Waals surface area contributed by atoms with Crippen molar-refractivity contribution in [2.75, 3.05) is 0 Å².